The van der Waals surface area contributed by atoms with Crippen LogP contribution in [0, 0.1) is 5.92 Å². The van der Waals surface area contributed by atoms with Crippen LogP contribution in [0.15, 0.2) is 72.8 Å². The Kier molecular flexibility index (Phi) is 4.19. The predicted molar refractivity (Wildman–Crippen MR) is 132 cm³/mol. The number of halogens is 1. The second-order valence-corrected chi connectivity index (χ2v) is 10.2. The van der Waals surface area contributed by atoms with E-state index in [9.17, 15) is 14.4 Å². The smallest absolute Gasteiger partial charge is 0.251 e. The zero-order valence-electron chi connectivity index (χ0n) is 18.8. The van der Waals surface area contributed by atoms with E-state index in [0.29, 0.717) is 34.1 Å². The van der Waals surface area contributed by atoms with Gasteiger partial charge in [0.1, 0.15) is 11.0 Å². The van der Waals surface area contributed by atoms with Gasteiger partial charge >= 0.3 is 0 Å². The minimum atomic E-state index is -1.41. The second kappa shape index (κ2) is 7.03. The van der Waals surface area contributed by atoms with Gasteiger partial charge in [-0.05, 0) is 61.3 Å². The molecule has 35 heavy (non-hydrogen) atoms. The standard InChI is InChI=1S/C28H22ClN3O3/c29-17-13-11-16(12-14-17)24(33)23-22-10-5-15-32(22)28(19-7-2-4-9-21(19)31-26(28)35)27(23)18-6-1-3-8-20(18)30-25(27)34/h1-4,6-9,11-14,22-23H,5,10,15H2,(H,30,34)(H,31,35)/t22-,23+,27-,28-/m1/s1. The van der Waals surface area contributed by atoms with Gasteiger partial charge in [0.15, 0.2) is 5.78 Å². The summed E-state index contributed by atoms with van der Waals surface area (Å²) in [5, 5.41) is 6.65. The summed E-state index contributed by atoms with van der Waals surface area (Å²) in [4.78, 5) is 45.1. The molecule has 3 aromatic carbocycles. The third-order valence-corrected chi connectivity index (χ3v) is 8.67. The van der Waals surface area contributed by atoms with Crippen LogP contribution in [-0.4, -0.2) is 35.1 Å². The van der Waals surface area contributed by atoms with E-state index in [4.69, 9.17) is 11.6 Å². The summed E-state index contributed by atoms with van der Waals surface area (Å²) >= 11 is 6.11. The van der Waals surface area contributed by atoms with Crippen molar-refractivity contribution < 1.29 is 14.4 Å². The number of nitrogens with one attached hydrogen (secondary N) is 2. The fraction of sp³-hybridized carbons (Fsp3) is 0.250. The van der Waals surface area contributed by atoms with Gasteiger partial charge in [0.2, 0.25) is 5.91 Å². The molecule has 4 aliphatic rings. The van der Waals surface area contributed by atoms with Gasteiger partial charge in [-0.2, -0.15) is 0 Å². The molecule has 0 unspecified atom stereocenters. The monoisotopic (exact) mass is 483 g/mol. The Balaban J connectivity index is 1.58. The number of Topliss-reactive ketones (excluding diaryl/α,β-unsaturated/α-hetero) is 1. The van der Waals surface area contributed by atoms with Crippen molar-refractivity contribution in [3.05, 3.63) is 94.5 Å². The number of benzene rings is 3. The Labute approximate surface area is 207 Å². The lowest BCUT2D eigenvalue weighted by Gasteiger charge is -2.43. The number of fused-ring (bicyclic) bond motifs is 7. The molecule has 0 bridgehead atoms. The number of rotatable bonds is 2. The highest BCUT2D eigenvalue weighted by molar-refractivity contribution is 6.30. The van der Waals surface area contributed by atoms with Gasteiger partial charge in [0.05, 0.1) is 5.92 Å². The van der Waals surface area contributed by atoms with E-state index < -0.39 is 16.9 Å². The molecule has 0 radical (unpaired) electrons. The average Bonchev–Trinajstić information content (AvgIpc) is 3.58. The highest BCUT2D eigenvalue weighted by atomic mass is 35.5. The number of ketones is 1. The lowest BCUT2D eigenvalue weighted by molar-refractivity contribution is -0.137. The summed E-state index contributed by atoms with van der Waals surface area (Å²) in [5.74, 6) is -1.43. The maximum Gasteiger partial charge on any atom is 0.251 e. The van der Waals surface area contributed by atoms with Crippen LogP contribution < -0.4 is 10.6 Å². The zero-order chi connectivity index (χ0) is 23.9. The van der Waals surface area contributed by atoms with Gasteiger partial charge in [0, 0.05) is 33.6 Å². The largest absolute Gasteiger partial charge is 0.325 e. The van der Waals surface area contributed by atoms with Crippen LogP contribution in [0.25, 0.3) is 0 Å². The van der Waals surface area contributed by atoms with E-state index in [2.05, 4.69) is 15.5 Å². The fourth-order valence-corrected chi connectivity index (χ4v) is 7.45. The maximum absolute atomic E-state index is 14.4. The normalized spacial score (nSPS) is 30.3. The van der Waals surface area contributed by atoms with Crippen LogP contribution in [0.5, 0.6) is 0 Å². The molecule has 2 N–H and O–H groups in total. The van der Waals surface area contributed by atoms with Gasteiger partial charge < -0.3 is 10.6 Å². The Morgan fingerprint density at radius 2 is 1.49 bits per heavy atom. The van der Waals surface area contributed by atoms with Crippen LogP contribution in [0.3, 0.4) is 0 Å². The van der Waals surface area contributed by atoms with Crippen molar-refractivity contribution in [1.29, 1.82) is 0 Å². The Hall–Kier alpha value is -3.48. The van der Waals surface area contributed by atoms with E-state index in [-0.39, 0.29) is 23.6 Å². The average molecular weight is 484 g/mol. The number of para-hydroxylation sites is 2. The van der Waals surface area contributed by atoms with Crippen LogP contribution >= 0.6 is 11.6 Å². The number of hydrogen-bond acceptors (Lipinski definition) is 4. The fourth-order valence-electron chi connectivity index (χ4n) is 7.33. The van der Waals surface area contributed by atoms with E-state index in [0.717, 1.165) is 18.4 Å². The zero-order valence-corrected chi connectivity index (χ0v) is 19.5. The number of carbonyl (C=O) groups excluding carboxylic acids is 3. The van der Waals surface area contributed by atoms with Gasteiger partial charge in [-0.25, -0.2) is 0 Å². The Bertz CT molecular complexity index is 1440. The summed E-state index contributed by atoms with van der Waals surface area (Å²) in [5.41, 5.74) is 0.569. The molecular weight excluding hydrogens is 462 g/mol. The Morgan fingerprint density at radius 1 is 0.857 bits per heavy atom. The molecule has 0 aromatic heterocycles. The first-order valence-electron chi connectivity index (χ1n) is 11.9. The van der Waals surface area contributed by atoms with Crippen molar-refractivity contribution in [2.24, 2.45) is 5.92 Å². The lowest BCUT2D eigenvalue weighted by Crippen LogP contribution is -2.62. The molecule has 2 saturated heterocycles. The molecule has 2 fully saturated rings. The quantitative estimate of drug-likeness (QED) is 0.531. The molecule has 4 heterocycles. The Morgan fingerprint density at radius 3 is 2.23 bits per heavy atom. The van der Waals surface area contributed by atoms with Gasteiger partial charge in [-0.15, -0.1) is 0 Å². The summed E-state index contributed by atoms with van der Waals surface area (Å²) < 4.78 is 0. The number of carbonyl (C=O) groups is 3. The highest BCUT2D eigenvalue weighted by Crippen LogP contribution is 2.67. The van der Waals surface area contributed by atoms with Crippen molar-refractivity contribution >= 4 is 40.6 Å². The molecular formula is C28H22ClN3O3. The number of anilines is 2. The van der Waals surface area contributed by atoms with Gasteiger partial charge in [-0.1, -0.05) is 48.0 Å². The molecule has 4 atom stereocenters. The number of nitrogens with zero attached hydrogens (tertiary/aromatic N) is 1. The van der Waals surface area contributed by atoms with Crippen molar-refractivity contribution in [3.8, 4) is 0 Å². The van der Waals surface area contributed by atoms with Gasteiger partial charge in [0.25, 0.3) is 5.91 Å². The molecule has 0 saturated carbocycles. The minimum absolute atomic E-state index is 0.139. The predicted octanol–water partition coefficient (Wildman–Crippen LogP) is 4.35. The third kappa shape index (κ3) is 2.32. The summed E-state index contributed by atoms with van der Waals surface area (Å²) in [7, 11) is 0. The van der Waals surface area contributed by atoms with Crippen molar-refractivity contribution in [2.75, 3.05) is 17.2 Å². The van der Waals surface area contributed by atoms with Crippen LogP contribution in [0.4, 0.5) is 11.4 Å². The molecule has 0 aliphatic carbocycles. The molecule has 7 rings (SSSR count). The van der Waals surface area contributed by atoms with Crippen molar-refractivity contribution in [2.45, 2.75) is 29.8 Å². The minimum Gasteiger partial charge on any atom is -0.325 e. The van der Waals surface area contributed by atoms with E-state index in [1.54, 1.807) is 24.3 Å². The van der Waals surface area contributed by atoms with E-state index in [1.807, 2.05) is 48.5 Å². The second-order valence-electron chi connectivity index (χ2n) is 9.77. The van der Waals surface area contributed by atoms with Crippen LogP contribution in [0.2, 0.25) is 5.02 Å². The number of hydrogen-bond donors (Lipinski definition) is 2. The summed E-state index contributed by atoms with van der Waals surface area (Å²) in [6.45, 7) is 0.633. The summed E-state index contributed by atoms with van der Waals surface area (Å²) in [6.07, 6.45) is 1.59. The molecule has 6 nitrogen and oxygen atoms in total. The summed E-state index contributed by atoms with van der Waals surface area (Å²) in [6, 6.07) is 21.6. The van der Waals surface area contributed by atoms with Gasteiger partial charge in [-0.3, -0.25) is 19.3 Å². The number of amides is 2. The van der Waals surface area contributed by atoms with E-state index in [1.165, 1.54) is 0 Å². The van der Waals surface area contributed by atoms with Crippen molar-refractivity contribution in [3.63, 3.8) is 0 Å². The van der Waals surface area contributed by atoms with E-state index >= 15 is 0 Å². The third-order valence-electron chi connectivity index (χ3n) is 8.42. The molecule has 2 amide bonds. The topological polar surface area (TPSA) is 78.5 Å². The highest BCUT2D eigenvalue weighted by Gasteiger charge is 2.81. The lowest BCUT2D eigenvalue weighted by atomic mass is 9.57. The molecule has 3 aromatic rings. The van der Waals surface area contributed by atoms with Crippen molar-refractivity contribution in [1.82, 2.24) is 4.90 Å². The molecule has 2 spiro atoms. The van der Waals surface area contributed by atoms with Crippen LogP contribution in [0.1, 0.15) is 34.3 Å². The first kappa shape index (κ1) is 20.9. The molecule has 7 heteroatoms. The molecule has 4 aliphatic heterocycles. The maximum atomic E-state index is 14.4. The van der Waals surface area contributed by atoms with Crippen LogP contribution in [-0.2, 0) is 20.5 Å². The molecule has 174 valence electrons. The first-order valence-corrected chi connectivity index (χ1v) is 12.3. The first-order chi connectivity index (χ1) is 17.0. The SMILES string of the molecule is O=C(c1ccc(Cl)cc1)[C@@H]1[C@H]2CCCN2[C@]2(C(=O)Nc3ccccc32)[C@@]12C(=O)Nc1ccccc12.